The summed E-state index contributed by atoms with van der Waals surface area (Å²) in [5.41, 5.74) is 0.840. The molecule has 11 heteroatoms. The van der Waals surface area contributed by atoms with Crippen molar-refractivity contribution in [2.75, 3.05) is 23.8 Å². The second kappa shape index (κ2) is 9.79. The number of hydrogen-bond donors (Lipinski definition) is 3. The van der Waals surface area contributed by atoms with E-state index >= 15 is 0 Å². The van der Waals surface area contributed by atoms with E-state index in [-0.39, 0.29) is 13.0 Å². The molecular formula is C19H27N3O7S. The Morgan fingerprint density at radius 2 is 2.00 bits per heavy atom. The van der Waals surface area contributed by atoms with E-state index in [2.05, 4.69) is 19.5 Å². The molecule has 0 spiro atoms. The van der Waals surface area contributed by atoms with Crippen LogP contribution in [0.15, 0.2) is 12.1 Å². The molecule has 0 aromatic heterocycles. The number of carbonyl (C=O) groups is 3. The highest BCUT2D eigenvalue weighted by molar-refractivity contribution is 7.85. The normalized spacial score (nSPS) is 17.0. The molecule has 166 valence electrons. The van der Waals surface area contributed by atoms with Crippen LogP contribution in [0.2, 0.25) is 0 Å². The van der Waals surface area contributed by atoms with Gasteiger partial charge in [0, 0.05) is 11.8 Å². The Kier molecular flexibility index (Phi) is 7.65. The third-order valence-corrected chi connectivity index (χ3v) is 4.80. The molecule has 1 aliphatic rings. The summed E-state index contributed by atoms with van der Waals surface area (Å²) in [6.45, 7) is 6.98. The minimum Gasteiger partial charge on any atom is -0.494 e. The van der Waals surface area contributed by atoms with E-state index in [1.165, 1.54) is 7.11 Å². The Balaban J connectivity index is 2.20. The molecule has 1 aliphatic heterocycles. The van der Waals surface area contributed by atoms with Gasteiger partial charge in [0.2, 0.25) is 17.1 Å². The maximum atomic E-state index is 12.6. The van der Waals surface area contributed by atoms with E-state index in [0.29, 0.717) is 29.1 Å². The number of methoxy groups -OCH3 is 1. The largest absolute Gasteiger partial charge is 0.494 e. The molecule has 0 saturated heterocycles. The summed E-state index contributed by atoms with van der Waals surface area (Å²) in [6, 6.07) is 3.21. The lowest BCUT2D eigenvalue weighted by molar-refractivity contribution is -0.161. The van der Waals surface area contributed by atoms with Crippen molar-refractivity contribution < 1.29 is 32.8 Å². The van der Waals surface area contributed by atoms with Crippen LogP contribution in [0.3, 0.4) is 0 Å². The van der Waals surface area contributed by atoms with E-state index < -0.39 is 40.7 Å². The van der Waals surface area contributed by atoms with Gasteiger partial charge in [-0.3, -0.25) is 14.3 Å². The first-order valence-electron chi connectivity index (χ1n) is 9.40. The minimum absolute atomic E-state index is 0.143. The molecule has 0 aliphatic carbocycles. The number of nitrogens with one attached hydrogen (secondary N) is 3. The highest BCUT2D eigenvalue weighted by Gasteiger charge is 2.34. The summed E-state index contributed by atoms with van der Waals surface area (Å²) < 4.78 is 32.2. The summed E-state index contributed by atoms with van der Waals surface area (Å²) in [4.78, 5) is 36.4. The van der Waals surface area contributed by atoms with Crippen LogP contribution in [0.4, 0.5) is 16.2 Å². The average molecular weight is 442 g/mol. The van der Waals surface area contributed by atoms with Crippen molar-refractivity contribution in [3.63, 3.8) is 0 Å². The molecule has 30 heavy (non-hydrogen) atoms. The number of hydrogen-bond acceptors (Lipinski definition) is 7. The Morgan fingerprint density at radius 1 is 1.30 bits per heavy atom. The molecule has 2 atom stereocenters. The first kappa shape index (κ1) is 23.5. The fourth-order valence-electron chi connectivity index (χ4n) is 2.81. The SMILES string of the molecule is CCOC(=O)NS(=O)Nc1cc2c(cc1OC)NC(=O)C(C(=O)OC(C)(C)C)CC2. The van der Waals surface area contributed by atoms with Crippen LogP contribution in [0.1, 0.15) is 39.7 Å². The molecule has 0 radical (unpaired) electrons. The third-order valence-electron chi connectivity index (χ3n) is 4.05. The van der Waals surface area contributed by atoms with Crippen molar-refractivity contribution in [1.82, 2.24) is 4.72 Å². The van der Waals surface area contributed by atoms with E-state index in [0.717, 1.165) is 0 Å². The second-order valence-corrected chi connectivity index (χ2v) is 8.46. The molecule has 0 fully saturated rings. The highest BCUT2D eigenvalue weighted by atomic mass is 32.2. The van der Waals surface area contributed by atoms with Gasteiger partial charge < -0.3 is 19.5 Å². The zero-order valence-corrected chi connectivity index (χ0v) is 18.4. The summed E-state index contributed by atoms with van der Waals surface area (Å²) in [7, 11) is 1.41. The van der Waals surface area contributed by atoms with Crippen molar-refractivity contribution in [3.05, 3.63) is 17.7 Å². The smallest absolute Gasteiger partial charge is 0.420 e. The van der Waals surface area contributed by atoms with Crippen LogP contribution in [-0.4, -0.2) is 41.5 Å². The minimum atomic E-state index is -1.97. The molecule has 1 heterocycles. The van der Waals surface area contributed by atoms with Crippen LogP contribution < -0.4 is 19.5 Å². The van der Waals surface area contributed by atoms with E-state index in [1.54, 1.807) is 39.8 Å². The van der Waals surface area contributed by atoms with Crippen molar-refractivity contribution in [2.45, 2.75) is 46.1 Å². The highest BCUT2D eigenvalue weighted by Crippen LogP contribution is 2.35. The van der Waals surface area contributed by atoms with Crippen LogP contribution >= 0.6 is 0 Å². The van der Waals surface area contributed by atoms with Crippen molar-refractivity contribution in [1.29, 1.82) is 0 Å². The lowest BCUT2D eigenvalue weighted by Crippen LogP contribution is -2.35. The molecule has 1 aromatic rings. The van der Waals surface area contributed by atoms with Crippen molar-refractivity contribution in [3.8, 4) is 5.75 Å². The number of amides is 2. The Hall–Kier alpha value is -2.82. The van der Waals surface area contributed by atoms with Crippen molar-refractivity contribution >= 4 is 40.5 Å². The fraction of sp³-hybridized carbons (Fsp3) is 0.526. The van der Waals surface area contributed by atoms with Gasteiger partial charge in [-0.1, -0.05) is 0 Å². The van der Waals surface area contributed by atoms with Crippen molar-refractivity contribution in [2.24, 2.45) is 5.92 Å². The quantitative estimate of drug-likeness (QED) is 0.456. The Labute approximate surface area is 177 Å². The fourth-order valence-corrected chi connectivity index (χ4v) is 3.43. The molecule has 1 aromatic carbocycles. The first-order chi connectivity index (χ1) is 14.0. The molecule has 0 saturated carbocycles. The number of anilines is 2. The zero-order valence-electron chi connectivity index (χ0n) is 17.6. The predicted octanol–water partition coefficient (Wildman–Crippen LogP) is 2.27. The maximum Gasteiger partial charge on any atom is 0.420 e. The van der Waals surface area contributed by atoms with Gasteiger partial charge in [-0.05, 0) is 52.2 Å². The molecular weight excluding hydrogens is 414 g/mol. The molecule has 2 rings (SSSR count). The molecule has 0 bridgehead atoms. The lowest BCUT2D eigenvalue weighted by Gasteiger charge is -2.22. The molecule has 10 nitrogen and oxygen atoms in total. The van der Waals surface area contributed by atoms with Gasteiger partial charge in [0.15, 0.2) is 0 Å². The number of aryl methyl sites for hydroxylation is 1. The molecule has 3 N–H and O–H groups in total. The van der Waals surface area contributed by atoms with Gasteiger partial charge in [-0.15, -0.1) is 0 Å². The van der Waals surface area contributed by atoms with Crippen LogP contribution in [0.25, 0.3) is 0 Å². The summed E-state index contributed by atoms with van der Waals surface area (Å²) in [6.07, 6.45) is -0.178. The summed E-state index contributed by atoms with van der Waals surface area (Å²) in [5, 5.41) is 2.73. The van der Waals surface area contributed by atoms with Crippen LogP contribution in [-0.2, 0) is 36.7 Å². The van der Waals surface area contributed by atoms with E-state index in [1.807, 2.05) is 0 Å². The molecule has 2 unspecified atom stereocenters. The van der Waals surface area contributed by atoms with Gasteiger partial charge in [-0.2, -0.15) is 0 Å². The average Bonchev–Trinajstić information content (AvgIpc) is 2.77. The molecule has 2 amide bonds. The van der Waals surface area contributed by atoms with Gasteiger partial charge in [0.05, 0.1) is 19.4 Å². The van der Waals surface area contributed by atoms with Crippen LogP contribution in [0, 0.1) is 5.92 Å². The standard InChI is InChI=1S/C19H27N3O7S/c1-6-28-18(25)22-30(26)21-14-9-11-7-8-12(17(24)29-19(2,3)4)16(23)20-13(11)10-15(14)27-5/h9-10,12,21H,6-8H2,1-5H3,(H,20,23)(H,22,25). The van der Waals surface area contributed by atoms with Gasteiger partial charge in [0.25, 0.3) is 0 Å². The second-order valence-electron chi connectivity index (χ2n) is 7.52. The van der Waals surface area contributed by atoms with Crippen LogP contribution in [0.5, 0.6) is 5.75 Å². The van der Waals surface area contributed by atoms with E-state index in [4.69, 9.17) is 9.47 Å². The zero-order chi connectivity index (χ0) is 22.5. The monoisotopic (exact) mass is 441 g/mol. The summed E-state index contributed by atoms with van der Waals surface area (Å²) >= 11 is -1.97. The number of ether oxygens (including phenoxy) is 3. The van der Waals surface area contributed by atoms with Gasteiger partial charge in [-0.25, -0.2) is 13.7 Å². The Morgan fingerprint density at radius 3 is 2.60 bits per heavy atom. The first-order valence-corrected chi connectivity index (χ1v) is 10.6. The lowest BCUT2D eigenvalue weighted by atomic mass is 10.00. The van der Waals surface area contributed by atoms with Gasteiger partial charge in [0.1, 0.15) is 17.3 Å². The Bertz CT molecular complexity index is 851. The number of carbonyl (C=O) groups excluding carboxylic acids is 3. The number of esters is 1. The number of benzene rings is 1. The maximum absolute atomic E-state index is 12.6. The third kappa shape index (κ3) is 6.34. The number of rotatable bonds is 6. The number of fused-ring (bicyclic) bond motifs is 1. The van der Waals surface area contributed by atoms with E-state index in [9.17, 15) is 18.6 Å². The summed E-state index contributed by atoms with van der Waals surface area (Å²) in [5.74, 6) is -1.70. The van der Waals surface area contributed by atoms with Gasteiger partial charge >= 0.3 is 12.1 Å². The predicted molar refractivity (Wildman–Crippen MR) is 111 cm³/mol. The topological polar surface area (TPSA) is 132 Å².